The number of pyridine rings is 1. The maximum Gasteiger partial charge on any atom is 0.307 e. The topological polar surface area (TPSA) is 42.4 Å². The lowest BCUT2D eigenvalue weighted by molar-refractivity contribution is -0.141. The highest BCUT2D eigenvalue weighted by atomic mass is 16.5. The van der Waals surface area contributed by atoms with Crippen LogP contribution in [0.4, 0.5) is 0 Å². The van der Waals surface area contributed by atoms with Crippen LogP contribution < -0.4 is 0 Å². The van der Waals surface area contributed by atoms with Gasteiger partial charge in [-0.2, -0.15) is 0 Å². The highest BCUT2D eigenvalue weighted by molar-refractivity contribution is 5.70. The second-order valence-corrected chi connectivity index (χ2v) is 3.54. The van der Waals surface area contributed by atoms with Gasteiger partial charge in [0.1, 0.15) is 0 Å². The molecule has 1 rings (SSSR count). The summed E-state index contributed by atoms with van der Waals surface area (Å²) >= 11 is 0. The summed E-state index contributed by atoms with van der Waals surface area (Å²) in [5.74, 6) is -0.203. The molecule has 0 spiro atoms. The summed E-state index contributed by atoms with van der Waals surface area (Å²) in [5, 5.41) is 0. The molecule has 1 unspecified atom stereocenters. The summed E-state index contributed by atoms with van der Waals surface area (Å²) in [6, 6.07) is 3.86. The minimum absolute atomic E-state index is 0.0421. The number of nitrogens with zero attached hydrogens (tertiary/aromatic N) is 2. The smallest absolute Gasteiger partial charge is 0.307 e. The average Bonchev–Trinajstić information content (AvgIpc) is 2.26. The lowest BCUT2D eigenvalue weighted by Crippen LogP contribution is -2.23. The minimum Gasteiger partial charge on any atom is -0.469 e. The van der Waals surface area contributed by atoms with Crippen molar-refractivity contribution >= 4 is 5.97 Å². The number of rotatable bonds is 4. The van der Waals surface area contributed by atoms with E-state index in [4.69, 9.17) is 0 Å². The van der Waals surface area contributed by atoms with Gasteiger partial charge in [-0.15, -0.1) is 0 Å². The fourth-order valence-electron chi connectivity index (χ4n) is 1.43. The van der Waals surface area contributed by atoms with E-state index in [1.165, 1.54) is 7.11 Å². The van der Waals surface area contributed by atoms with E-state index < -0.39 is 0 Å². The van der Waals surface area contributed by atoms with Gasteiger partial charge in [0.15, 0.2) is 0 Å². The lowest BCUT2D eigenvalue weighted by atomic mass is 10.0. The van der Waals surface area contributed by atoms with Crippen LogP contribution in [0.15, 0.2) is 24.5 Å². The third kappa shape index (κ3) is 3.32. The Bertz CT molecular complexity index is 312. The van der Waals surface area contributed by atoms with Crippen LogP contribution in [0.25, 0.3) is 0 Å². The van der Waals surface area contributed by atoms with Gasteiger partial charge in [-0.3, -0.25) is 9.78 Å². The number of methoxy groups -OCH3 is 1. The Kier molecular flexibility index (Phi) is 4.24. The molecular weight excluding hydrogens is 192 g/mol. The van der Waals surface area contributed by atoms with E-state index in [0.29, 0.717) is 6.42 Å². The van der Waals surface area contributed by atoms with E-state index in [9.17, 15) is 4.79 Å². The highest BCUT2D eigenvalue weighted by Crippen LogP contribution is 2.21. The Balaban J connectivity index is 2.79. The fourth-order valence-corrected chi connectivity index (χ4v) is 1.43. The molecule has 1 atom stereocenters. The number of hydrogen-bond donors (Lipinski definition) is 0. The van der Waals surface area contributed by atoms with Gasteiger partial charge in [-0.05, 0) is 31.8 Å². The molecule has 1 aromatic heterocycles. The second-order valence-electron chi connectivity index (χ2n) is 3.54. The Labute approximate surface area is 89.9 Å². The van der Waals surface area contributed by atoms with Crippen LogP contribution in [-0.4, -0.2) is 37.1 Å². The maximum atomic E-state index is 11.2. The molecule has 15 heavy (non-hydrogen) atoms. The molecule has 0 aliphatic rings. The maximum absolute atomic E-state index is 11.2. The first-order chi connectivity index (χ1) is 7.15. The predicted octanol–water partition coefficient (Wildman–Crippen LogP) is 1.25. The molecule has 82 valence electrons. The van der Waals surface area contributed by atoms with Crippen molar-refractivity contribution in [2.24, 2.45) is 0 Å². The summed E-state index contributed by atoms with van der Waals surface area (Å²) in [5.41, 5.74) is 1.07. The standard InChI is InChI=1S/C11H16N2O2/c1-13(2)10(8-11(14)15-3)9-4-6-12-7-5-9/h4-7,10H,8H2,1-3H3. The quantitative estimate of drug-likeness (QED) is 0.698. The molecule has 1 aromatic rings. The molecule has 0 bridgehead atoms. The van der Waals surface area contributed by atoms with Gasteiger partial charge in [0, 0.05) is 18.4 Å². The van der Waals surface area contributed by atoms with Crippen LogP contribution in [0.5, 0.6) is 0 Å². The lowest BCUT2D eigenvalue weighted by Gasteiger charge is -2.23. The van der Waals surface area contributed by atoms with Gasteiger partial charge >= 0.3 is 5.97 Å². The van der Waals surface area contributed by atoms with Crippen molar-refractivity contribution < 1.29 is 9.53 Å². The van der Waals surface area contributed by atoms with Gasteiger partial charge < -0.3 is 9.64 Å². The Morgan fingerprint density at radius 3 is 2.53 bits per heavy atom. The normalized spacial score (nSPS) is 12.5. The molecule has 0 aliphatic carbocycles. The number of esters is 1. The van der Waals surface area contributed by atoms with Gasteiger partial charge in [0.25, 0.3) is 0 Å². The number of carbonyl (C=O) groups excluding carboxylic acids is 1. The van der Waals surface area contributed by atoms with Crippen LogP contribution in [-0.2, 0) is 9.53 Å². The summed E-state index contributed by atoms with van der Waals surface area (Å²) in [7, 11) is 5.28. The van der Waals surface area contributed by atoms with Crippen molar-refractivity contribution in [2.45, 2.75) is 12.5 Å². The Hall–Kier alpha value is -1.42. The van der Waals surface area contributed by atoms with Gasteiger partial charge in [-0.1, -0.05) is 0 Å². The van der Waals surface area contributed by atoms with Crippen molar-refractivity contribution in [1.82, 2.24) is 9.88 Å². The molecule has 0 aliphatic heterocycles. The first kappa shape index (κ1) is 11.7. The number of hydrogen-bond acceptors (Lipinski definition) is 4. The minimum atomic E-state index is -0.203. The van der Waals surface area contributed by atoms with E-state index in [1.54, 1.807) is 12.4 Å². The van der Waals surface area contributed by atoms with Crippen molar-refractivity contribution in [2.75, 3.05) is 21.2 Å². The van der Waals surface area contributed by atoms with E-state index in [0.717, 1.165) is 5.56 Å². The zero-order valence-corrected chi connectivity index (χ0v) is 9.30. The summed E-state index contributed by atoms with van der Waals surface area (Å²) < 4.78 is 4.67. The molecule has 0 radical (unpaired) electrons. The van der Waals surface area contributed by atoms with Gasteiger partial charge in [-0.25, -0.2) is 0 Å². The summed E-state index contributed by atoms with van der Waals surface area (Å²) in [4.78, 5) is 17.2. The zero-order chi connectivity index (χ0) is 11.3. The van der Waals surface area contributed by atoms with Crippen molar-refractivity contribution in [3.05, 3.63) is 30.1 Å². The molecule has 4 heteroatoms. The van der Waals surface area contributed by atoms with Crippen molar-refractivity contribution in [3.63, 3.8) is 0 Å². The Morgan fingerprint density at radius 1 is 1.47 bits per heavy atom. The molecule has 0 aromatic carbocycles. The summed E-state index contributed by atoms with van der Waals surface area (Å²) in [6.07, 6.45) is 3.81. The van der Waals surface area contributed by atoms with E-state index in [2.05, 4.69) is 9.72 Å². The molecule has 1 heterocycles. The van der Waals surface area contributed by atoms with Crippen LogP contribution in [0.2, 0.25) is 0 Å². The molecular formula is C11H16N2O2. The largest absolute Gasteiger partial charge is 0.469 e. The number of ether oxygens (including phenoxy) is 1. The third-order valence-electron chi connectivity index (χ3n) is 2.30. The number of carbonyl (C=O) groups is 1. The molecule has 4 nitrogen and oxygen atoms in total. The van der Waals surface area contributed by atoms with Crippen LogP contribution >= 0.6 is 0 Å². The Morgan fingerprint density at radius 2 is 2.07 bits per heavy atom. The molecule has 0 saturated carbocycles. The van der Waals surface area contributed by atoms with Crippen LogP contribution in [0.1, 0.15) is 18.0 Å². The molecule has 0 saturated heterocycles. The van der Waals surface area contributed by atoms with E-state index in [1.807, 2.05) is 31.1 Å². The summed E-state index contributed by atoms with van der Waals surface area (Å²) in [6.45, 7) is 0. The van der Waals surface area contributed by atoms with Crippen LogP contribution in [0, 0.1) is 0 Å². The fraction of sp³-hybridized carbons (Fsp3) is 0.455. The van der Waals surface area contributed by atoms with Crippen LogP contribution in [0.3, 0.4) is 0 Å². The first-order valence-corrected chi connectivity index (χ1v) is 4.78. The molecule has 0 amide bonds. The average molecular weight is 208 g/mol. The van der Waals surface area contributed by atoms with Gasteiger partial charge in [0.2, 0.25) is 0 Å². The van der Waals surface area contributed by atoms with E-state index >= 15 is 0 Å². The first-order valence-electron chi connectivity index (χ1n) is 4.78. The zero-order valence-electron chi connectivity index (χ0n) is 9.30. The SMILES string of the molecule is COC(=O)CC(c1ccncc1)N(C)C. The van der Waals surface area contributed by atoms with Crippen molar-refractivity contribution in [1.29, 1.82) is 0 Å². The number of aromatic nitrogens is 1. The van der Waals surface area contributed by atoms with Crippen molar-refractivity contribution in [3.8, 4) is 0 Å². The predicted molar refractivity (Wildman–Crippen MR) is 57.3 cm³/mol. The van der Waals surface area contributed by atoms with E-state index in [-0.39, 0.29) is 12.0 Å². The van der Waals surface area contributed by atoms with Gasteiger partial charge in [0.05, 0.1) is 13.5 Å². The monoisotopic (exact) mass is 208 g/mol. The molecule has 0 fully saturated rings. The second kappa shape index (κ2) is 5.46. The third-order valence-corrected chi connectivity index (χ3v) is 2.30. The highest BCUT2D eigenvalue weighted by Gasteiger charge is 2.18. The molecule has 0 N–H and O–H groups in total.